The molecule has 2 heterocycles. The predicted octanol–water partition coefficient (Wildman–Crippen LogP) is 3.75. The van der Waals surface area contributed by atoms with Crippen LogP contribution < -0.4 is 5.32 Å². The Morgan fingerprint density at radius 2 is 2.10 bits per heavy atom. The summed E-state index contributed by atoms with van der Waals surface area (Å²) in [4.78, 5) is 9.62. The van der Waals surface area contributed by atoms with Crippen LogP contribution in [-0.4, -0.2) is 34.5 Å². The first-order chi connectivity index (χ1) is 10.2. The number of anilines is 1. The number of hydrogen-bond acceptors (Lipinski definition) is 5. The second kappa shape index (κ2) is 6.53. The third-order valence-electron chi connectivity index (χ3n) is 4.17. The van der Waals surface area contributed by atoms with Crippen LogP contribution in [0.25, 0.3) is 0 Å². The van der Waals surface area contributed by atoms with Gasteiger partial charge < -0.3 is 10.1 Å². The summed E-state index contributed by atoms with van der Waals surface area (Å²) in [5.74, 6) is 2.65. The first-order valence-electron chi connectivity index (χ1n) is 8.09. The predicted molar refractivity (Wildman–Crippen MR) is 87.2 cm³/mol. The summed E-state index contributed by atoms with van der Waals surface area (Å²) in [5, 5.41) is 5.13. The van der Waals surface area contributed by atoms with Gasteiger partial charge in [0.1, 0.15) is 16.7 Å². The minimum absolute atomic E-state index is 0.320. The molecule has 2 fully saturated rings. The number of aromatic nitrogens is 2. The SMILES string of the molecule is CCCNc1nc(C2CC2)nc(SC2CCOC2C)c1C. The molecule has 0 bridgehead atoms. The number of ether oxygens (including phenoxy) is 1. The van der Waals surface area contributed by atoms with Gasteiger partial charge in [-0.05, 0) is 39.5 Å². The van der Waals surface area contributed by atoms with Gasteiger partial charge >= 0.3 is 0 Å². The highest BCUT2D eigenvalue weighted by atomic mass is 32.2. The van der Waals surface area contributed by atoms with E-state index in [1.807, 2.05) is 11.8 Å². The second-order valence-electron chi connectivity index (χ2n) is 6.08. The summed E-state index contributed by atoms with van der Waals surface area (Å²) in [6.07, 6.45) is 5.03. The minimum Gasteiger partial charge on any atom is -0.377 e. The third-order valence-corrected chi connectivity index (χ3v) is 5.72. The van der Waals surface area contributed by atoms with Crippen LogP contribution in [0.5, 0.6) is 0 Å². The Kier molecular flexibility index (Phi) is 4.69. The van der Waals surface area contributed by atoms with Crippen LogP contribution in [0.3, 0.4) is 0 Å². The highest BCUT2D eigenvalue weighted by molar-refractivity contribution is 8.00. The fraction of sp³-hybridized carbons (Fsp3) is 0.750. The molecule has 5 heteroatoms. The Balaban J connectivity index is 1.84. The van der Waals surface area contributed by atoms with Crippen molar-refractivity contribution in [3.05, 3.63) is 11.4 Å². The quantitative estimate of drug-likeness (QED) is 0.811. The molecule has 2 atom stereocenters. The summed E-state index contributed by atoms with van der Waals surface area (Å²) in [7, 11) is 0. The van der Waals surface area contributed by atoms with Gasteiger partial charge in [0.2, 0.25) is 0 Å². The van der Waals surface area contributed by atoms with Gasteiger partial charge in [-0.3, -0.25) is 0 Å². The Hall–Kier alpha value is -0.810. The van der Waals surface area contributed by atoms with Gasteiger partial charge in [0.05, 0.1) is 6.10 Å². The molecule has 1 saturated carbocycles. The van der Waals surface area contributed by atoms with E-state index in [0.29, 0.717) is 17.3 Å². The number of nitrogens with one attached hydrogen (secondary N) is 1. The van der Waals surface area contributed by atoms with E-state index in [0.717, 1.165) is 42.7 Å². The maximum absolute atomic E-state index is 5.68. The molecule has 1 saturated heterocycles. The molecule has 1 aromatic rings. The van der Waals surface area contributed by atoms with Crippen molar-refractivity contribution in [1.82, 2.24) is 9.97 Å². The molecule has 0 spiro atoms. The third kappa shape index (κ3) is 3.51. The lowest BCUT2D eigenvalue weighted by Crippen LogP contribution is -2.15. The van der Waals surface area contributed by atoms with E-state index in [4.69, 9.17) is 14.7 Å². The van der Waals surface area contributed by atoms with E-state index in [-0.39, 0.29) is 0 Å². The van der Waals surface area contributed by atoms with Crippen molar-refractivity contribution in [1.29, 1.82) is 0 Å². The largest absolute Gasteiger partial charge is 0.377 e. The average Bonchev–Trinajstić information content (AvgIpc) is 3.25. The van der Waals surface area contributed by atoms with E-state index in [2.05, 4.69) is 26.1 Å². The molecule has 1 N–H and O–H groups in total. The van der Waals surface area contributed by atoms with E-state index >= 15 is 0 Å². The molecule has 4 nitrogen and oxygen atoms in total. The minimum atomic E-state index is 0.320. The lowest BCUT2D eigenvalue weighted by molar-refractivity contribution is 0.127. The van der Waals surface area contributed by atoms with Gasteiger partial charge in [-0.25, -0.2) is 9.97 Å². The van der Waals surface area contributed by atoms with Gasteiger partial charge in [0.25, 0.3) is 0 Å². The molecule has 3 rings (SSSR count). The first-order valence-corrected chi connectivity index (χ1v) is 8.97. The lowest BCUT2D eigenvalue weighted by atomic mass is 10.3. The Morgan fingerprint density at radius 3 is 2.71 bits per heavy atom. The number of hydrogen-bond donors (Lipinski definition) is 1. The van der Waals surface area contributed by atoms with Crippen molar-refractivity contribution < 1.29 is 4.74 Å². The summed E-state index contributed by atoms with van der Waals surface area (Å²) in [5.41, 5.74) is 1.19. The first kappa shape index (κ1) is 15.1. The van der Waals surface area contributed by atoms with E-state index in [1.165, 1.54) is 18.4 Å². The van der Waals surface area contributed by atoms with Crippen molar-refractivity contribution in [3.63, 3.8) is 0 Å². The number of thioether (sulfide) groups is 1. The van der Waals surface area contributed by atoms with Gasteiger partial charge in [-0.1, -0.05) is 18.7 Å². The topological polar surface area (TPSA) is 47.0 Å². The van der Waals surface area contributed by atoms with Gasteiger partial charge in [0.15, 0.2) is 0 Å². The van der Waals surface area contributed by atoms with Crippen LogP contribution in [0.2, 0.25) is 0 Å². The Morgan fingerprint density at radius 1 is 1.29 bits per heavy atom. The van der Waals surface area contributed by atoms with Crippen molar-refractivity contribution in [2.75, 3.05) is 18.5 Å². The zero-order valence-corrected chi connectivity index (χ0v) is 14.0. The monoisotopic (exact) mass is 307 g/mol. The van der Waals surface area contributed by atoms with Crippen molar-refractivity contribution in [2.24, 2.45) is 0 Å². The summed E-state index contributed by atoms with van der Waals surface area (Å²) >= 11 is 1.88. The molecule has 21 heavy (non-hydrogen) atoms. The Labute approximate surface area is 131 Å². The van der Waals surface area contributed by atoms with Crippen LogP contribution in [0.1, 0.15) is 56.8 Å². The van der Waals surface area contributed by atoms with Crippen LogP contribution >= 0.6 is 11.8 Å². The Bertz CT molecular complexity index is 505. The zero-order valence-electron chi connectivity index (χ0n) is 13.2. The normalized spacial score (nSPS) is 25.3. The van der Waals surface area contributed by atoms with Crippen molar-refractivity contribution in [2.45, 2.75) is 68.8 Å². The fourth-order valence-electron chi connectivity index (χ4n) is 2.58. The molecule has 1 aliphatic heterocycles. The van der Waals surface area contributed by atoms with Crippen LogP contribution in [0.15, 0.2) is 5.03 Å². The highest BCUT2D eigenvalue weighted by Gasteiger charge is 2.30. The standard InChI is InChI=1S/C16H25N3OS/c1-4-8-17-14-10(2)16(19-15(18-14)12-5-6-12)21-13-7-9-20-11(13)3/h11-13H,4-9H2,1-3H3,(H,17,18,19). The molecule has 2 aliphatic rings. The van der Waals surface area contributed by atoms with Crippen LogP contribution in [-0.2, 0) is 4.74 Å². The maximum Gasteiger partial charge on any atom is 0.135 e. The van der Waals surface area contributed by atoms with Crippen LogP contribution in [0.4, 0.5) is 5.82 Å². The van der Waals surface area contributed by atoms with Crippen molar-refractivity contribution in [3.8, 4) is 0 Å². The summed E-state index contributed by atoms with van der Waals surface area (Å²) in [6, 6.07) is 0. The fourth-order valence-corrected chi connectivity index (χ4v) is 3.77. The molecule has 1 aliphatic carbocycles. The maximum atomic E-state index is 5.68. The van der Waals surface area contributed by atoms with E-state index in [9.17, 15) is 0 Å². The highest BCUT2D eigenvalue weighted by Crippen LogP contribution is 2.41. The molecular formula is C16H25N3OS. The number of rotatable bonds is 6. The molecule has 116 valence electrons. The zero-order chi connectivity index (χ0) is 14.8. The molecule has 0 aromatic carbocycles. The van der Waals surface area contributed by atoms with Gasteiger partial charge in [0, 0.05) is 29.9 Å². The summed E-state index contributed by atoms with van der Waals surface area (Å²) < 4.78 is 5.68. The van der Waals surface area contributed by atoms with E-state index in [1.54, 1.807) is 0 Å². The van der Waals surface area contributed by atoms with Crippen LogP contribution in [0, 0.1) is 6.92 Å². The van der Waals surface area contributed by atoms with E-state index < -0.39 is 0 Å². The smallest absolute Gasteiger partial charge is 0.135 e. The molecular weight excluding hydrogens is 282 g/mol. The van der Waals surface area contributed by atoms with Crippen molar-refractivity contribution >= 4 is 17.6 Å². The summed E-state index contributed by atoms with van der Waals surface area (Å²) in [6.45, 7) is 8.32. The average molecular weight is 307 g/mol. The molecule has 1 aromatic heterocycles. The molecule has 2 unspecified atom stereocenters. The second-order valence-corrected chi connectivity index (χ2v) is 7.31. The molecule has 0 radical (unpaired) electrons. The lowest BCUT2D eigenvalue weighted by Gasteiger charge is -2.17. The molecule has 0 amide bonds. The van der Waals surface area contributed by atoms with Gasteiger partial charge in [-0.2, -0.15) is 0 Å². The number of nitrogens with zero attached hydrogens (tertiary/aromatic N) is 2. The van der Waals surface area contributed by atoms with Gasteiger partial charge in [-0.15, -0.1) is 0 Å².